The molecule has 2 nitrogen and oxygen atoms in total. The summed E-state index contributed by atoms with van der Waals surface area (Å²) < 4.78 is 13.9. The van der Waals surface area contributed by atoms with E-state index in [2.05, 4.69) is 0 Å². The fraction of sp³-hybridized carbons (Fsp3) is 0.154. The van der Waals surface area contributed by atoms with Crippen molar-refractivity contribution in [2.45, 2.75) is 5.79 Å². The van der Waals surface area contributed by atoms with Gasteiger partial charge in [0, 0.05) is 5.56 Å². The molecule has 0 fully saturated rings. The molecule has 2 N–H and O–H groups in total. The summed E-state index contributed by atoms with van der Waals surface area (Å²) in [5.41, 5.74) is 5.91. The van der Waals surface area contributed by atoms with Gasteiger partial charge in [-0.2, -0.15) is 0 Å². The number of benzene rings is 1. The Kier molecular flexibility index (Phi) is 2.71. The van der Waals surface area contributed by atoms with E-state index in [4.69, 9.17) is 5.73 Å². The van der Waals surface area contributed by atoms with Crippen molar-refractivity contribution in [2.75, 3.05) is 0 Å². The van der Waals surface area contributed by atoms with Crippen LogP contribution in [0.3, 0.4) is 0 Å². The number of carbonyl (C=O) groups excluding carboxylic acids is 1. The standard InChI is InChI=1S/C13H12FNO/c14-13(15)9-5-4-8-11(13)12(16)10-6-2-1-3-7-10/h1-9,11H,15H2. The molecule has 0 radical (unpaired) electrons. The summed E-state index contributed by atoms with van der Waals surface area (Å²) in [6.07, 6.45) is 5.85. The molecule has 1 aliphatic carbocycles. The minimum atomic E-state index is -2.10. The first-order valence-electron chi connectivity index (χ1n) is 5.04. The van der Waals surface area contributed by atoms with Crippen LogP contribution in [0.25, 0.3) is 0 Å². The number of carbonyl (C=O) groups is 1. The van der Waals surface area contributed by atoms with Gasteiger partial charge >= 0.3 is 0 Å². The van der Waals surface area contributed by atoms with Gasteiger partial charge in [-0.15, -0.1) is 0 Å². The van der Waals surface area contributed by atoms with Crippen LogP contribution >= 0.6 is 0 Å². The van der Waals surface area contributed by atoms with E-state index in [1.54, 1.807) is 36.4 Å². The molecule has 2 atom stereocenters. The smallest absolute Gasteiger partial charge is 0.191 e. The SMILES string of the molecule is NC1(F)C=CC=CC1C(=O)c1ccccc1. The van der Waals surface area contributed by atoms with Crippen LogP contribution in [0.1, 0.15) is 10.4 Å². The molecule has 0 bridgehead atoms. The molecule has 82 valence electrons. The quantitative estimate of drug-likeness (QED) is 0.609. The Hall–Kier alpha value is -1.74. The van der Waals surface area contributed by atoms with Crippen LogP contribution in [0.4, 0.5) is 4.39 Å². The third kappa shape index (κ3) is 1.95. The zero-order valence-electron chi connectivity index (χ0n) is 8.64. The summed E-state index contributed by atoms with van der Waals surface area (Å²) in [7, 11) is 0. The number of hydrogen-bond acceptors (Lipinski definition) is 2. The molecule has 2 unspecified atom stereocenters. The van der Waals surface area contributed by atoms with Crippen LogP contribution in [0.5, 0.6) is 0 Å². The van der Waals surface area contributed by atoms with Crippen molar-refractivity contribution in [1.82, 2.24) is 0 Å². The third-order valence-corrected chi connectivity index (χ3v) is 2.58. The summed E-state index contributed by atoms with van der Waals surface area (Å²) in [6, 6.07) is 8.60. The van der Waals surface area contributed by atoms with E-state index in [1.807, 2.05) is 0 Å². The molecule has 0 spiro atoms. The van der Waals surface area contributed by atoms with Gasteiger partial charge in [-0.1, -0.05) is 48.6 Å². The average molecular weight is 217 g/mol. The average Bonchev–Trinajstić information content (AvgIpc) is 2.29. The number of halogens is 1. The topological polar surface area (TPSA) is 43.1 Å². The van der Waals surface area contributed by atoms with Gasteiger partial charge in [0.1, 0.15) is 0 Å². The number of ketones is 1. The van der Waals surface area contributed by atoms with Crippen molar-refractivity contribution >= 4 is 5.78 Å². The van der Waals surface area contributed by atoms with Gasteiger partial charge in [0.2, 0.25) is 0 Å². The Bertz CT molecular complexity index is 448. The van der Waals surface area contributed by atoms with Gasteiger partial charge in [0.15, 0.2) is 11.6 Å². The molecular formula is C13H12FNO. The van der Waals surface area contributed by atoms with Crippen LogP contribution < -0.4 is 5.73 Å². The zero-order valence-corrected chi connectivity index (χ0v) is 8.64. The Morgan fingerprint density at radius 1 is 1.25 bits per heavy atom. The van der Waals surface area contributed by atoms with Crippen LogP contribution in [-0.4, -0.2) is 11.6 Å². The predicted octanol–water partition coefficient (Wildman–Crippen LogP) is 2.24. The van der Waals surface area contributed by atoms with Gasteiger partial charge in [-0.05, 0) is 6.08 Å². The number of nitrogens with two attached hydrogens (primary N) is 1. The van der Waals surface area contributed by atoms with E-state index in [-0.39, 0.29) is 5.78 Å². The molecule has 0 saturated carbocycles. The summed E-state index contributed by atoms with van der Waals surface area (Å²) in [4.78, 5) is 12.0. The second-order valence-electron chi connectivity index (χ2n) is 3.78. The molecule has 1 aromatic rings. The first-order valence-corrected chi connectivity index (χ1v) is 5.04. The van der Waals surface area contributed by atoms with E-state index in [1.165, 1.54) is 18.2 Å². The maximum absolute atomic E-state index is 13.9. The maximum atomic E-state index is 13.9. The largest absolute Gasteiger partial charge is 0.295 e. The Balaban J connectivity index is 2.30. The van der Waals surface area contributed by atoms with Crippen molar-refractivity contribution in [1.29, 1.82) is 0 Å². The van der Waals surface area contributed by atoms with E-state index >= 15 is 0 Å². The van der Waals surface area contributed by atoms with Gasteiger partial charge < -0.3 is 0 Å². The number of hydrogen-bond donors (Lipinski definition) is 1. The lowest BCUT2D eigenvalue weighted by Crippen LogP contribution is -2.44. The first kappa shape index (κ1) is 10.8. The lowest BCUT2D eigenvalue weighted by Gasteiger charge is -2.25. The Morgan fingerprint density at radius 2 is 1.94 bits per heavy atom. The molecule has 3 heteroatoms. The molecule has 1 aliphatic rings. The van der Waals surface area contributed by atoms with E-state index < -0.39 is 11.7 Å². The van der Waals surface area contributed by atoms with Gasteiger partial charge in [-0.25, -0.2) is 4.39 Å². The van der Waals surface area contributed by atoms with Gasteiger partial charge in [-0.3, -0.25) is 10.5 Å². The summed E-state index contributed by atoms with van der Waals surface area (Å²) in [5, 5.41) is 0. The van der Waals surface area contributed by atoms with Crippen LogP contribution in [-0.2, 0) is 0 Å². The van der Waals surface area contributed by atoms with Gasteiger partial charge in [0.25, 0.3) is 0 Å². The van der Waals surface area contributed by atoms with Crippen LogP contribution in [0.15, 0.2) is 54.6 Å². The number of allylic oxidation sites excluding steroid dienone is 2. The molecule has 0 aliphatic heterocycles. The Morgan fingerprint density at radius 3 is 2.56 bits per heavy atom. The highest BCUT2D eigenvalue weighted by atomic mass is 19.1. The molecule has 0 saturated heterocycles. The highest BCUT2D eigenvalue weighted by Crippen LogP contribution is 2.26. The molecule has 1 aromatic carbocycles. The van der Waals surface area contributed by atoms with Crippen molar-refractivity contribution < 1.29 is 9.18 Å². The predicted molar refractivity (Wildman–Crippen MR) is 60.6 cm³/mol. The fourth-order valence-corrected chi connectivity index (χ4v) is 1.70. The highest BCUT2D eigenvalue weighted by Gasteiger charge is 2.37. The van der Waals surface area contributed by atoms with E-state index in [0.29, 0.717) is 5.56 Å². The lowest BCUT2D eigenvalue weighted by atomic mass is 9.86. The fourth-order valence-electron chi connectivity index (χ4n) is 1.70. The van der Waals surface area contributed by atoms with Gasteiger partial charge in [0.05, 0.1) is 5.92 Å². The first-order chi connectivity index (χ1) is 7.61. The second-order valence-corrected chi connectivity index (χ2v) is 3.78. The summed E-state index contributed by atoms with van der Waals surface area (Å²) >= 11 is 0. The third-order valence-electron chi connectivity index (χ3n) is 2.58. The number of Topliss-reactive ketones (excluding diaryl/α,β-unsaturated/α-hetero) is 1. The van der Waals surface area contributed by atoms with Crippen LogP contribution in [0, 0.1) is 5.92 Å². The van der Waals surface area contributed by atoms with E-state index in [0.717, 1.165) is 0 Å². The number of rotatable bonds is 2. The summed E-state index contributed by atoms with van der Waals surface area (Å²) in [6.45, 7) is 0. The molecule has 0 aromatic heterocycles. The van der Waals surface area contributed by atoms with E-state index in [9.17, 15) is 9.18 Å². The monoisotopic (exact) mass is 217 g/mol. The molecular weight excluding hydrogens is 205 g/mol. The highest BCUT2D eigenvalue weighted by molar-refractivity contribution is 6.00. The minimum absolute atomic E-state index is 0.300. The van der Waals surface area contributed by atoms with Crippen molar-refractivity contribution in [3.63, 3.8) is 0 Å². The van der Waals surface area contributed by atoms with Crippen molar-refractivity contribution in [2.24, 2.45) is 11.7 Å². The van der Waals surface area contributed by atoms with Crippen molar-refractivity contribution in [3.8, 4) is 0 Å². The van der Waals surface area contributed by atoms with Crippen LogP contribution in [0.2, 0.25) is 0 Å². The molecule has 0 heterocycles. The minimum Gasteiger partial charge on any atom is -0.295 e. The second kappa shape index (κ2) is 4.02. The molecule has 16 heavy (non-hydrogen) atoms. The summed E-state index contributed by atoms with van der Waals surface area (Å²) in [5.74, 6) is -3.34. The maximum Gasteiger partial charge on any atom is 0.191 e. The molecule has 2 rings (SSSR count). The van der Waals surface area contributed by atoms with Crippen molar-refractivity contribution in [3.05, 3.63) is 60.2 Å². The lowest BCUT2D eigenvalue weighted by molar-refractivity contribution is 0.0808. The number of alkyl halides is 1. The normalized spacial score (nSPS) is 28.0. The zero-order chi connectivity index (χ0) is 11.6. The Labute approximate surface area is 93.3 Å². The molecule has 0 amide bonds.